The molecule has 7 aliphatic rings. The van der Waals surface area contributed by atoms with Gasteiger partial charge in [-0.3, -0.25) is 4.79 Å². The predicted octanol–water partition coefficient (Wildman–Crippen LogP) is 3.51. The maximum Gasteiger partial charge on any atom is 0.331 e. The summed E-state index contributed by atoms with van der Waals surface area (Å²) in [5.74, 6) is -0.316. The number of hydrogen-bond donors (Lipinski definition) is 2. The summed E-state index contributed by atoms with van der Waals surface area (Å²) in [6.07, 6.45) is 13.4. The zero-order valence-electron chi connectivity index (χ0n) is 21.7. The van der Waals surface area contributed by atoms with E-state index >= 15 is 0 Å². The Balaban J connectivity index is 1.53. The Morgan fingerprint density at radius 1 is 1.22 bits per heavy atom. The van der Waals surface area contributed by atoms with Crippen LogP contribution in [-0.4, -0.2) is 52.7 Å². The third-order valence-corrected chi connectivity index (χ3v) is 11.8. The van der Waals surface area contributed by atoms with E-state index in [1.165, 1.54) is 6.92 Å². The Morgan fingerprint density at radius 2 is 2.03 bits per heavy atom. The van der Waals surface area contributed by atoms with Crippen molar-refractivity contribution < 1.29 is 34.0 Å². The molecule has 7 heteroatoms. The minimum atomic E-state index is -1.13. The van der Waals surface area contributed by atoms with Gasteiger partial charge in [0.25, 0.3) is 0 Å². The van der Waals surface area contributed by atoms with Gasteiger partial charge in [0.05, 0.1) is 29.3 Å². The molecule has 6 bridgehead atoms. The van der Waals surface area contributed by atoms with E-state index in [-0.39, 0.29) is 35.8 Å². The lowest BCUT2D eigenvalue weighted by atomic mass is 9.25. The molecule has 0 amide bonds. The summed E-state index contributed by atoms with van der Waals surface area (Å²) in [5.41, 5.74) is -1.95. The molecule has 2 spiro atoms. The first kappa shape index (κ1) is 23.7. The molecule has 3 saturated carbocycles. The van der Waals surface area contributed by atoms with Crippen molar-refractivity contribution in [1.29, 1.82) is 0 Å². The Labute approximate surface area is 217 Å². The molecule has 3 fully saturated rings. The van der Waals surface area contributed by atoms with E-state index in [4.69, 9.17) is 14.2 Å². The number of rotatable bonds is 4. The van der Waals surface area contributed by atoms with Crippen LogP contribution >= 0.6 is 0 Å². The molecule has 0 aromatic carbocycles. The van der Waals surface area contributed by atoms with Crippen molar-refractivity contribution in [1.82, 2.24) is 0 Å². The molecule has 0 aromatic heterocycles. The topological polar surface area (TPSA) is 102 Å². The van der Waals surface area contributed by atoms with E-state index in [0.717, 1.165) is 24.0 Å². The van der Waals surface area contributed by atoms with Crippen molar-refractivity contribution in [3.63, 3.8) is 0 Å². The lowest BCUT2D eigenvalue weighted by Gasteiger charge is -2.81. The highest BCUT2D eigenvalue weighted by Gasteiger charge is 2.89. The summed E-state index contributed by atoms with van der Waals surface area (Å²) in [6.45, 7) is 6.11. The SMILES string of the molecule is CC(=O)OC1CC2(C)C=CC(O)C34C(O)CCC5(C)C6C=CC(C6)C(=COC23CCC2=CC(=O)OC2)C154. The fourth-order valence-corrected chi connectivity index (χ4v) is 10.6. The summed E-state index contributed by atoms with van der Waals surface area (Å²) in [7, 11) is 0. The summed E-state index contributed by atoms with van der Waals surface area (Å²) in [6, 6.07) is 0. The van der Waals surface area contributed by atoms with Gasteiger partial charge in [0.1, 0.15) is 18.3 Å². The van der Waals surface area contributed by atoms with Gasteiger partial charge >= 0.3 is 11.9 Å². The summed E-state index contributed by atoms with van der Waals surface area (Å²) in [5, 5.41) is 24.4. The standard InChI is InChI=1S/C30H36O7/c1-17(31)37-24-14-26(2)9-7-22(32)30-23(33)8-10-27(3)20-5-4-19(13-20)21(29(24,27)30)16-36-28(26,30)11-6-18-12-25(34)35-15-18/h4-5,7,9,12,16,19-20,22-24,32-33H,6,8,10-11,13-15H2,1-3H3. The summed E-state index contributed by atoms with van der Waals surface area (Å²) >= 11 is 0. The highest BCUT2D eigenvalue weighted by molar-refractivity contribution is 5.85. The molecule has 0 aromatic rings. The van der Waals surface area contributed by atoms with Crippen LogP contribution in [0.15, 0.2) is 47.8 Å². The van der Waals surface area contributed by atoms with E-state index in [1.54, 1.807) is 6.08 Å². The molecule has 2 aliphatic heterocycles. The van der Waals surface area contributed by atoms with Gasteiger partial charge in [-0.2, -0.15) is 0 Å². The molecule has 7 nitrogen and oxygen atoms in total. The van der Waals surface area contributed by atoms with Crippen LogP contribution in [0.1, 0.15) is 59.3 Å². The van der Waals surface area contributed by atoms with E-state index in [0.29, 0.717) is 25.7 Å². The molecule has 0 radical (unpaired) electrons. The molecule has 37 heavy (non-hydrogen) atoms. The number of fused-ring (bicyclic) bond motifs is 4. The fraction of sp³-hybridized carbons (Fsp3) is 0.667. The number of ether oxygens (including phenoxy) is 3. The largest absolute Gasteiger partial charge is 0.493 e. The molecule has 7 rings (SSSR count). The van der Waals surface area contributed by atoms with Crippen molar-refractivity contribution in [2.45, 2.75) is 83.2 Å². The second kappa shape index (κ2) is 7.17. The average molecular weight is 509 g/mol. The zero-order chi connectivity index (χ0) is 26.0. The van der Waals surface area contributed by atoms with E-state index < -0.39 is 40.2 Å². The maximum absolute atomic E-state index is 12.7. The number of cyclic esters (lactones) is 1. The molecule has 198 valence electrons. The van der Waals surface area contributed by atoms with Crippen molar-refractivity contribution in [3.8, 4) is 0 Å². The average Bonchev–Trinajstić information content (AvgIpc) is 3.48. The number of allylic oxidation sites excluding steroid dienone is 2. The normalized spacial score (nSPS) is 52.0. The van der Waals surface area contributed by atoms with Gasteiger partial charge in [0.2, 0.25) is 0 Å². The number of esters is 2. The number of carbonyl (C=O) groups is 2. The highest BCUT2D eigenvalue weighted by atomic mass is 16.5. The maximum atomic E-state index is 12.7. The zero-order valence-corrected chi connectivity index (χ0v) is 21.7. The Hall–Kier alpha value is -2.38. The van der Waals surface area contributed by atoms with Crippen LogP contribution in [0.3, 0.4) is 0 Å². The molecule has 2 heterocycles. The van der Waals surface area contributed by atoms with Gasteiger partial charge in [-0.15, -0.1) is 0 Å². The van der Waals surface area contributed by atoms with Crippen LogP contribution in [0.4, 0.5) is 0 Å². The van der Waals surface area contributed by atoms with Crippen molar-refractivity contribution in [2.24, 2.45) is 33.5 Å². The van der Waals surface area contributed by atoms with Crippen LogP contribution in [-0.2, 0) is 23.8 Å². The van der Waals surface area contributed by atoms with Gasteiger partial charge in [-0.1, -0.05) is 38.2 Å². The Morgan fingerprint density at radius 3 is 2.76 bits per heavy atom. The molecular formula is C30H36O7. The number of carbonyl (C=O) groups excluding carboxylic acids is 2. The van der Waals surface area contributed by atoms with Crippen LogP contribution in [0.2, 0.25) is 0 Å². The van der Waals surface area contributed by atoms with Gasteiger partial charge in [-0.25, -0.2) is 4.79 Å². The van der Waals surface area contributed by atoms with Crippen molar-refractivity contribution in [2.75, 3.05) is 6.61 Å². The first-order valence-corrected chi connectivity index (χ1v) is 13.7. The summed E-state index contributed by atoms with van der Waals surface area (Å²) in [4.78, 5) is 24.5. The molecular weight excluding hydrogens is 472 g/mol. The fourth-order valence-electron chi connectivity index (χ4n) is 10.6. The molecule has 10 unspecified atom stereocenters. The predicted molar refractivity (Wildman–Crippen MR) is 133 cm³/mol. The van der Waals surface area contributed by atoms with E-state index in [9.17, 15) is 19.8 Å². The second-order valence-electron chi connectivity index (χ2n) is 12.9. The van der Waals surface area contributed by atoms with Gasteiger partial charge in [0, 0.05) is 24.3 Å². The first-order chi connectivity index (χ1) is 17.6. The lowest BCUT2D eigenvalue weighted by molar-refractivity contribution is -0.384. The quantitative estimate of drug-likeness (QED) is 0.443. The first-order valence-electron chi connectivity index (χ1n) is 13.7. The molecule has 2 N–H and O–H groups in total. The molecule has 0 saturated heterocycles. The van der Waals surface area contributed by atoms with Crippen LogP contribution in [0, 0.1) is 33.5 Å². The van der Waals surface area contributed by atoms with Crippen LogP contribution in [0.25, 0.3) is 0 Å². The smallest absolute Gasteiger partial charge is 0.331 e. The Bertz CT molecular complexity index is 1210. The van der Waals surface area contributed by atoms with Gasteiger partial charge in [-0.05, 0) is 61.0 Å². The van der Waals surface area contributed by atoms with Crippen molar-refractivity contribution in [3.05, 3.63) is 47.8 Å². The highest BCUT2D eigenvalue weighted by Crippen LogP contribution is 2.84. The third-order valence-electron chi connectivity index (χ3n) is 11.8. The minimum absolute atomic E-state index is 0.113. The van der Waals surface area contributed by atoms with E-state index in [2.05, 4.69) is 26.0 Å². The number of hydrogen-bond acceptors (Lipinski definition) is 7. The van der Waals surface area contributed by atoms with Crippen molar-refractivity contribution >= 4 is 11.9 Å². The lowest BCUT2D eigenvalue weighted by Crippen LogP contribution is -2.87. The minimum Gasteiger partial charge on any atom is -0.493 e. The van der Waals surface area contributed by atoms with E-state index in [1.807, 2.05) is 18.4 Å². The van der Waals surface area contributed by atoms with Crippen LogP contribution < -0.4 is 0 Å². The monoisotopic (exact) mass is 508 g/mol. The number of aliphatic hydroxyl groups excluding tert-OH is 2. The summed E-state index contributed by atoms with van der Waals surface area (Å²) < 4.78 is 18.4. The van der Waals surface area contributed by atoms with Crippen LogP contribution in [0.5, 0.6) is 0 Å². The van der Waals surface area contributed by atoms with Gasteiger partial charge in [0.15, 0.2) is 0 Å². The Kier molecular flexibility index (Phi) is 4.60. The number of aliphatic hydroxyl groups is 2. The second-order valence-corrected chi connectivity index (χ2v) is 12.9. The molecule has 10 atom stereocenters. The van der Waals surface area contributed by atoms with Gasteiger partial charge < -0.3 is 24.4 Å². The third kappa shape index (κ3) is 2.39. The molecule has 5 aliphatic carbocycles.